The average molecular weight is 587 g/mol. The average Bonchev–Trinajstić information content (AvgIpc) is 2.98. The van der Waals surface area contributed by atoms with Gasteiger partial charge in [0.25, 0.3) is 0 Å². The number of aromatic nitrogens is 4. The second-order valence-corrected chi connectivity index (χ2v) is 11.2. The van der Waals surface area contributed by atoms with E-state index >= 15 is 8.78 Å². The van der Waals surface area contributed by atoms with Crippen molar-refractivity contribution in [1.82, 2.24) is 24.4 Å². The molecule has 0 radical (unpaired) electrons. The zero-order chi connectivity index (χ0) is 30.4. The highest BCUT2D eigenvalue weighted by atomic mass is 19.1. The molecule has 11 heteroatoms. The molecule has 0 unspecified atom stereocenters. The molecule has 0 aliphatic carbocycles. The van der Waals surface area contributed by atoms with Crippen LogP contribution in [0.25, 0.3) is 28.0 Å². The number of carbonyl (C=O) groups is 1. The number of hydrogen-bond acceptors (Lipinski definition) is 7. The van der Waals surface area contributed by atoms with Gasteiger partial charge in [0.05, 0.1) is 17.7 Å². The molecular weight excluding hydrogens is 554 g/mol. The lowest BCUT2D eigenvalue weighted by Crippen LogP contribution is -2.54. The van der Waals surface area contributed by atoms with E-state index < -0.39 is 17.3 Å². The fraction of sp³-hybridized carbons (Fsp3) is 0.344. The van der Waals surface area contributed by atoms with Crippen molar-refractivity contribution in [1.29, 1.82) is 0 Å². The van der Waals surface area contributed by atoms with E-state index in [1.807, 2.05) is 25.7 Å². The van der Waals surface area contributed by atoms with Crippen LogP contribution < -0.4 is 15.3 Å². The highest BCUT2D eigenvalue weighted by Crippen LogP contribution is 2.37. The van der Waals surface area contributed by atoms with Gasteiger partial charge in [-0.2, -0.15) is 4.98 Å². The van der Waals surface area contributed by atoms with Crippen LogP contribution in [0.4, 0.5) is 14.6 Å². The number of hydrogen-bond donors (Lipinski definition) is 0. The Balaban J connectivity index is 1.68. The summed E-state index contributed by atoms with van der Waals surface area (Å²) in [6.45, 7) is 10.7. The Labute approximate surface area is 247 Å². The van der Waals surface area contributed by atoms with Gasteiger partial charge >= 0.3 is 5.69 Å². The van der Waals surface area contributed by atoms with Crippen LogP contribution >= 0.6 is 0 Å². The predicted octanol–water partition coefficient (Wildman–Crippen LogP) is 4.79. The van der Waals surface area contributed by atoms with Gasteiger partial charge in [0, 0.05) is 43.5 Å². The normalized spacial score (nSPS) is 16.7. The Morgan fingerprint density at radius 3 is 2.72 bits per heavy atom. The number of halogens is 2. The maximum absolute atomic E-state index is 16.1. The zero-order valence-corrected chi connectivity index (χ0v) is 24.3. The number of benzene rings is 1. The van der Waals surface area contributed by atoms with Gasteiger partial charge in [-0.3, -0.25) is 9.78 Å². The van der Waals surface area contributed by atoms with Crippen LogP contribution in [0.15, 0.2) is 54.0 Å². The Kier molecular flexibility index (Phi) is 7.41. The third-order valence-corrected chi connectivity index (χ3v) is 8.06. The first-order chi connectivity index (χ1) is 20.7. The van der Waals surface area contributed by atoms with Gasteiger partial charge in [0.15, 0.2) is 5.65 Å². The molecule has 5 heterocycles. The highest BCUT2D eigenvalue weighted by molar-refractivity contribution is 5.91. The lowest BCUT2D eigenvalue weighted by molar-refractivity contribution is -0.126. The van der Waals surface area contributed by atoms with Crippen LogP contribution in [0, 0.1) is 11.6 Å². The Morgan fingerprint density at radius 1 is 1.16 bits per heavy atom. The highest BCUT2D eigenvalue weighted by Gasteiger charge is 2.31. The number of nitrogens with zero attached hydrogens (tertiary/aromatic N) is 6. The molecule has 1 saturated heterocycles. The second kappa shape index (κ2) is 11.2. The molecule has 2 aliphatic heterocycles. The number of ether oxygens (including phenoxy) is 1. The summed E-state index contributed by atoms with van der Waals surface area (Å²) < 4.78 is 39.1. The molecule has 1 fully saturated rings. The van der Waals surface area contributed by atoms with Gasteiger partial charge in [0.1, 0.15) is 34.6 Å². The van der Waals surface area contributed by atoms with Gasteiger partial charge in [-0.25, -0.2) is 23.1 Å². The molecule has 9 nitrogen and oxygen atoms in total. The van der Waals surface area contributed by atoms with Crippen LogP contribution in [0.5, 0.6) is 5.75 Å². The largest absolute Gasteiger partial charge is 0.491 e. The van der Waals surface area contributed by atoms with Crippen LogP contribution in [-0.2, 0) is 11.2 Å². The summed E-state index contributed by atoms with van der Waals surface area (Å²) in [5.41, 5.74) is 0.871. The minimum absolute atomic E-state index is 0.0558. The Bertz CT molecular complexity index is 1820. The molecule has 0 spiro atoms. The number of fused-ring (bicyclic) bond motifs is 5. The van der Waals surface area contributed by atoms with Crippen LogP contribution in [-0.4, -0.2) is 62.6 Å². The van der Waals surface area contributed by atoms with Crippen molar-refractivity contribution in [3.05, 3.63) is 82.6 Å². The van der Waals surface area contributed by atoms with E-state index in [9.17, 15) is 9.59 Å². The fourth-order valence-electron chi connectivity index (χ4n) is 6.01. The van der Waals surface area contributed by atoms with Gasteiger partial charge in [-0.15, -0.1) is 0 Å². The Morgan fingerprint density at radius 2 is 1.98 bits per heavy atom. The smallest absolute Gasteiger partial charge is 0.356 e. The number of pyridine rings is 2. The number of anilines is 1. The molecular formula is C32H32F2N6O3. The SMILES string of the molecule is C=CC(=O)N1CCN(c2nc(=O)n3c4nc(c(F)cc24)-c2c(F)cccc2CCCOc2ccnc(C(C)C)c2-3)[C@H](C)C1. The lowest BCUT2D eigenvalue weighted by atomic mass is 9.98. The van der Waals surface area contributed by atoms with Crippen molar-refractivity contribution in [2.75, 3.05) is 31.1 Å². The topological polar surface area (TPSA) is 93.5 Å². The van der Waals surface area contributed by atoms with Crippen molar-refractivity contribution in [2.45, 2.75) is 45.6 Å². The second-order valence-electron chi connectivity index (χ2n) is 11.2. The minimum atomic E-state index is -0.732. The maximum atomic E-state index is 16.1. The monoisotopic (exact) mass is 586 g/mol. The summed E-state index contributed by atoms with van der Waals surface area (Å²) in [5.74, 6) is -0.971. The van der Waals surface area contributed by atoms with Gasteiger partial charge in [-0.1, -0.05) is 32.6 Å². The summed E-state index contributed by atoms with van der Waals surface area (Å²) in [5, 5.41) is 0.274. The minimum Gasteiger partial charge on any atom is -0.491 e. The number of amides is 1. The quantitative estimate of drug-likeness (QED) is 0.319. The van der Waals surface area contributed by atoms with Crippen molar-refractivity contribution in [3.63, 3.8) is 0 Å². The maximum Gasteiger partial charge on any atom is 0.356 e. The standard InChI is InChI=1S/C32H32F2N6O3/c1-5-25(41)38-13-14-39(19(4)17-38)30-21-16-23(34)28-26-20(8-6-10-22(26)33)9-7-15-43-24-11-12-35-27(18(2)3)29(24)40(31(21)36-28)32(42)37-30/h5-6,8,10-12,16,18-19H,1,7,9,13-15,17H2,2-4H3/t19-/m1/s1. The molecule has 222 valence electrons. The van der Waals surface area contributed by atoms with E-state index in [1.54, 1.807) is 29.3 Å². The number of piperazine rings is 1. The third kappa shape index (κ3) is 4.92. The molecule has 1 atom stereocenters. The first kappa shape index (κ1) is 28.4. The molecule has 2 aliphatic rings. The first-order valence-electron chi connectivity index (χ1n) is 14.4. The van der Waals surface area contributed by atoms with E-state index in [0.717, 1.165) is 0 Å². The van der Waals surface area contributed by atoms with Crippen LogP contribution in [0.3, 0.4) is 0 Å². The lowest BCUT2D eigenvalue weighted by Gasteiger charge is -2.40. The number of rotatable bonds is 3. The summed E-state index contributed by atoms with van der Waals surface area (Å²) in [4.78, 5) is 43.7. The molecule has 0 saturated carbocycles. The van der Waals surface area contributed by atoms with E-state index in [4.69, 9.17) is 9.72 Å². The molecule has 4 aromatic rings. The molecule has 3 aromatic heterocycles. The summed E-state index contributed by atoms with van der Waals surface area (Å²) in [6, 6.07) is 7.33. The summed E-state index contributed by atoms with van der Waals surface area (Å²) >= 11 is 0. The van der Waals surface area contributed by atoms with Crippen molar-refractivity contribution < 1.29 is 18.3 Å². The van der Waals surface area contributed by atoms with Crippen molar-refractivity contribution >= 4 is 22.8 Å². The van der Waals surface area contributed by atoms with Gasteiger partial charge in [-0.05, 0) is 49.5 Å². The molecule has 1 amide bonds. The third-order valence-electron chi connectivity index (χ3n) is 8.06. The molecule has 0 N–H and O–H groups in total. The fourth-order valence-corrected chi connectivity index (χ4v) is 6.01. The summed E-state index contributed by atoms with van der Waals surface area (Å²) in [6.07, 6.45) is 3.85. The molecule has 2 bridgehead atoms. The summed E-state index contributed by atoms with van der Waals surface area (Å²) in [7, 11) is 0. The van der Waals surface area contributed by atoms with Crippen molar-refractivity contribution in [2.24, 2.45) is 0 Å². The van der Waals surface area contributed by atoms with E-state index in [0.29, 0.717) is 55.2 Å². The Hall–Kier alpha value is -4.67. The van der Waals surface area contributed by atoms with Gasteiger partial charge < -0.3 is 14.5 Å². The zero-order valence-electron chi connectivity index (χ0n) is 24.3. The number of carbonyl (C=O) groups excluding carboxylic acids is 1. The molecule has 1 aromatic carbocycles. The molecule has 6 rings (SSSR count). The first-order valence-corrected chi connectivity index (χ1v) is 14.4. The predicted molar refractivity (Wildman–Crippen MR) is 160 cm³/mol. The molecule has 43 heavy (non-hydrogen) atoms. The van der Waals surface area contributed by atoms with Crippen molar-refractivity contribution in [3.8, 4) is 22.7 Å². The van der Waals surface area contributed by atoms with E-state index in [1.165, 1.54) is 22.8 Å². The van der Waals surface area contributed by atoms with E-state index in [2.05, 4.69) is 16.5 Å². The van der Waals surface area contributed by atoms with E-state index in [-0.39, 0.29) is 52.6 Å². The van der Waals surface area contributed by atoms with Gasteiger partial charge in [0.2, 0.25) is 5.91 Å². The number of aryl methyl sites for hydroxylation is 1. The van der Waals surface area contributed by atoms with Crippen LogP contribution in [0.2, 0.25) is 0 Å². The van der Waals surface area contributed by atoms with Crippen LogP contribution in [0.1, 0.15) is 44.4 Å².